The number of likely N-dealkylation sites (tertiary alicyclic amines) is 1. The fourth-order valence-corrected chi connectivity index (χ4v) is 3.13. The summed E-state index contributed by atoms with van der Waals surface area (Å²) in [7, 11) is 1.66. The van der Waals surface area contributed by atoms with Crippen molar-refractivity contribution in [3.05, 3.63) is 28.2 Å². The van der Waals surface area contributed by atoms with Crippen molar-refractivity contribution in [3.8, 4) is 5.75 Å². The zero-order chi connectivity index (χ0) is 14.7. The minimum absolute atomic E-state index is 0.0823. The largest absolute Gasteiger partial charge is 0.495 e. The molecule has 110 valence electrons. The van der Waals surface area contributed by atoms with Crippen LogP contribution in [0.3, 0.4) is 0 Å². The molecule has 0 spiro atoms. The summed E-state index contributed by atoms with van der Waals surface area (Å²) in [4.78, 5) is 14.1. The van der Waals surface area contributed by atoms with Crippen molar-refractivity contribution in [1.82, 2.24) is 10.2 Å². The van der Waals surface area contributed by atoms with Crippen molar-refractivity contribution >= 4 is 21.8 Å². The van der Waals surface area contributed by atoms with Gasteiger partial charge in [0.15, 0.2) is 0 Å². The van der Waals surface area contributed by atoms with Gasteiger partial charge >= 0.3 is 0 Å². The first-order valence-electron chi connectivity index (χ1n) is 6.89. The molecule has 5 heteroatoms. The summed E-state index contributed by atoms with van der Waals surface area (Å²) in [6, 6.07) is 6.12. The number of benzene rings is 1. The first kappa shape index (κ1) is 15.3. The summed E-state index contributed by atoms with van der Waals surface area (Å²) in [5, 5.41) is 3.34. The number of hydrogen-bond acceptors (Lipinski definition) is 3. The molecular formula is C15H21BrN2O2. The summed E-state index contributed by atoms with van der Waals surface area (Å²) < 4.78 is 6.33. The molecule has 0 unspecified atom stereocenters. The standard InChI is InChI=1S/C15H21BrN2O2/c1-10(2)18-8-7-13(15(18)19)17-9-11-5-4-6-12(16)14(11)20-3/h4-6,10,13,17H,7-9H2,1-3H3/t13-/m1/s1. The van der Waals surface area contributed by atoms with Gasteiger partial charge in [-0.1, -0.05) is 12.1 Å². The molecule has 0 saturated carbocycles. The molecule has 0 aliphatic carbocycles. The quantitative estimate of drug-likeness (QED) is 0.895. The topological polar surface area (TPSA) is 41.6 Å². The van der Waals surface area contributed by atoms with Crippen LogP contribution in [0.4, 0.5) is 0 Å². The van der Waals surface area contributed by atoms with Gasteiger partial charge in [-0.15, -0.1) is 0 Å². The highest BCUT2D eigenvalue weighted by Gasteiger charge is 2.32. The SMILES string of the molecule is COc1c(Br)cccc1CN[C@@H]1CCN(C(C)C)C1=O. The van der Waals surface area contributed by atoms with Gasteiger partial charge in [0.25, 0.3) is 0 Å². The molecule has 1 aliphatic heterocycles. The van der Waals surface area contributed by atoms with E-state index >= 15 is 0 Å². The Hall–Kier alpha value is -1.07. The van der Waals surface area contributed by atoms with Crippen LogP contribution in [0.5, 0.6) is 5.75 Å². The zero-order valence-electron chi connectivity index (χ0n) is 12.1. The average molecular weight is 341 g/mol. The second-order valence-corrected chi connectivity index (χ2v) is 6.13. The Balaban J connectivity index is 2.00. The lowest BCUT2D eigenvalue weighted by Gasteiger charge is -2.21. The van der Waals surface area contributed by atoms with Crippen LogP contribution in [0.25, 0.3) is 0 Å². The van der Waals surface area contributed by atoms with Crippen molar-refractivity contribution in [2.75, 3.05) is 13.7 Å². The van der Waals surface area contributed by atoms with Gasteiger partial charge in [0.05, 0.1) is 17.6 Å². The number of hydrogen-bond donors (Lipinski definition) is 1. The summed E-state index contributed by atoms with van der Waals surface area (Å²) in [5.41, 5.74) is 1.05. The molecule has 2 rings (SSSR count). The molecule has 1 aromatic rings. The number of nitrogens with one attached hydrogen (secondary N) is 1. The Morgan fingerprint density at radius 2 is 2.25 bits per heavy atom. The molecule has 1 aliphatic rings. The van der Waals surface area contributed by atoms with Crippen LogP contribution in [0.2, 0.25) is 0 Å². The lowest BCUT2D eigenvalue weighted by atomic mass is 10.1. The second-order valence-electron chi connectivity index (χ2n) is 5.28. The summed E-state index contributed by atoms with van der Waals surface area (Å²) >= 11 is 3.47. The van der Waals surface area contributed by atoms with Crippen molar-refractivity contribution in [1.29, 1.82) is 0 Å². The van der Waals surface area contributed by atoms with Crippen LogP contribution >= 0.6 is 15.9 Å². The number of rotatable bonds is 5. The van der Waals surface area contributed by atoms with Gasteiger partial charge in [0.1, 0.15) is 5.75 Å². The first-order chi connectivity index (χ1) is 9.54. The van der Waals surface area contributed by atoms with Gasteiger partial charge in [-0.25, -0.2) is 0 Å². The number of ether oxygens (including phenoxy) is 1. The summed E-state index contributed by atoms with van der Waals surface area (Å²) in [5.74, 6) is 1.03. The molecule has 1 fully saturated rings. The van der Waals surface area contributed by atoms with Crippen LogP contribution < -0.4 is 10.1 Å². The molecule has 1 atom stereocenters. The van der Waals surface area contributed by atoms with Crippen LogP contribution in [0.1, 0.15) is 25.8 Å². The maximum atomic E-state index is 12.2. The zero-order valence-corrected chi connectivity index (χ0v) is 13.7. The van der Waals surface area contributed by atoms with Crippen molar-refractivity contribution in [3.63, 3.8) is 0 Å². The predicted octanol–water partition coefficient (Wildman–Crippen LogP) is 2.56. The fraction of sp³-hybridized carbons (Fsp3) is 0.533. The number of amides is 1. The smallest absolute Gasteiger partial charge is 0.240 e. The maximum Gasteiger partial charge on any atom is 0.240 e. The Bertz CT molecular complexity index is 491. The highest BCUT2D eigenvalue weighted by Crippen LogP contribution is 2.28. The Kier molecular flexibility index (Phi) is 5.05. The number of halogens is 1. The monoisotopic (exact) mass is 340 g/mol. The Labute approximate surface area is 128 Å². The lowest BCUT2D eigenvalue weighted by molar-refractivity contribution is -0.130. The van der Waals surface area contributed by atoms with E-state index in [-0.39, 0.29) is 18.0 Å². The second kappa shape index (κ2) is 6.59. The number of nitrogens with zero attached hydrogens (tertiary/aromatic N) is 1. The third-order valence-corrected chi connectivity index (χ3v) is 4.28. The van der Waals surface area contributed by atoms with Crippen LogP contribution in [0, 0.1) is 0 Å². The first-order valence-corrected chi connectivity index (χ1v) is 7.69. The minimum Gasteiger partial charge on any atom is -0.495 e. The van der Waals surface area contributed by atoms with Crippen molar-refractivity contribution in [2.24, 2.45) is 0 Å². The van der Waals surface area contributed by atoms with E-state index in [0.29, 0.717) is 6.54 Å². The predicted molar refractivity (Wildman–Crippen MR) is 82.8 cm³/mol. The van der Waals surface area contributed by atoms with E-state index in [1.54, 1.807) is 7.11 Å². The van der Waals surface area contributed by atoms with Crippen molar-refractivity contribution < 1.29 is 9.53 Å². The number of carbonyl (C=O) groups excluding carboxylic acids is 1. The molecule has 1 amide bonds. The summed E-state index contributed by atoms with van der Waals surface area (Å²) in [6.45, 7) is 5.57. The number of carbonyl (C=O) groups is 1. The van der Waals surface area contributed by atoms with E-state index < -0.39 is 0 Å². The minimum atomic E-state index is -0.0823. The summed E-state index contributed by atoms with van der Waals surface area (Å²) in [6.07, 6.45) is 0.868. The Morgan fingerprint density at radius 1 is 1.50 bits per heavy atom. The normalized spacial score (nSPS) is 18.9. The van der Waals surface area contributed by atoms with Gasteiger partial charge in [0.2, 0.25) is 5.91 Å². The number of methoxy groups -OCH3 is 1. The molecule has 0 aromatic heterocycles. The van der Waals surface area contributed by atoms with E-state index in [9.17, 15) is 4.79 Å². The highest BCUT2D eigenvalue weighted by atomic mass is 79.9. The van der Waals surface area contributed by atoms with E-state index in [2.05, 4.69) is 35.1 Å². The van der Waals surface area contributed by atoms with Crippen LogP contribution in [0.15, 0.2) is 22.7 Å². The molecule has 1 N–H and O–H groups in total. The molecule has 1 saturated heterocycles. The van der Waals surface area contributed by atoms with E-state index in [0.717, 1.165) is 28.8 Å². The highest BCUT2D eigenvalue weighted by molar-refractivity contribution is 9.10. The van der Waals surface area contributed by atoms with Gasteiger partial charge < -0.3 is 15.0 Å². The fourth-order valence-electron chi connectivity index (χ4n) is 2.56. The molecule has 1 heterocycles. The average Bonchev–Trinajstić information content (AvgIpc) is 2.78. The van der Waals surface area contributed by atoms with Gasteiger partial charge in [-0.3, -0.25) is 4.79 Å². The van der Waals surface area contributed by atoms with Crippen LogP contribution in [-0.2, 0) is 11.3 Å². The molecule has 4 nitrogen and oxygen atoms in total. The molecule has 20 heavy (non-hydrogen) atoms. The van der Waals surface area contributed by atoms with Gasteiger partial charge in [0, 0.05) is 24.7 Å². The van der Waals surface area contributed by atoms with Gasteiger partial charge in [-0.05, 0) is 42.3 Å². The van der Waals surface area contributed by atoms with E-state index in [1.165, 1.54) is 0 Å². The third-order valence-electron chi connectivity index (χ3n) is 3.65. The van der Waals surface area contributed by atoms with Gasteiger partial charge in [-0.2, -0.15) is 0 Å². The molecule has 0 bridgehead atoms. The number of para-hydroxylation sites is 1. The van der Waals surface area contributed by atoms with Crippen LogP contribution in [-0.4, -0.2) is 36.5 Å². The van der Waals surface area contributed by atoms with E-state index in [4.69, 9.17) is 4.74 Å². The van der Waals surface area contributed by atoms with E-state index in [1.807, 2.05) is 23.1 Å². The molecule has 1 aromatic carbocycles. The third kappa shape index (κ3) is 3.15. The lowest BCUT2D eigenvalue weighted by Crippen LogP contribution is -2.40. The molecular weight excluding hydrogens is 320 g/mol. The molecule has 0 radical (unpaired) electrons. The Morgan fingerprint density at radius 3 is 2.85 bits per heavy atom. The van der Waals surface area contributed by atoms with Crippen molar-refractivity contribution in [2.45, 2.75) is 38.9 Å². The maximum absolute atomic E-state index is 12.2.